The van der Waals surface area contributed by atoms with Gasteiger partial charge >= 0.3 is 11.8 Å². The molecule has 0 aliphatic rings. The number of amides is 2. The normalized spacial score (nSPS) is 8.36. The summed E-state index contributed by atoms with van der Waals surface area (Å²) in [6, 6.07) is 10.5. The highest BCUT2D eigenvalue weighted by molar-refractivity contribution is 6.33. The average molecular weight is 194 g/mol. The molecular formula is C10H14N2O2. The quantitative estimate of drug-likeness (QED) is 0.626. The predicted octanol–water partition coefficient (Wildman–Crippen LogP) is 0.206. The Hall–Kier alpha value is -1.84. The number of benzene rings is 1. The zero-order valence-corrected chi connectivity index (χ0v) is 8.07. The lowest BCUT2D eigenvalue weighted by Gasteiger charge is -1.89. The zero-order chi connectivity index (χ0) is 11.0. The number of aryl methyl sites for hydroxylation is 1. The van der Waals surface area contributed by atoms with Gasteiger partial charge in [-0.15, -0.1) is 0 Å². The molecule has 0 aliphatic carbocycles. The SMILES string of the molecule is CCc1ccccc1.NC(=O)C(N)=O. The van der Waals surface area contributed by atoms with E-state index < -0.39 is 11.8 Å². The molecule has 1 aromatic carbocycles. The highest BCUT2D eigenvalue weighted by Gasteiger charge is 1.96. The van der Waals surface area contributed by atoms with Gasteiger partial charge in [-0.3, -0.25) is 9.59 Å². The molecule has 1 rings (SSSR count). The molecule has 76 valence electrons. The third kappa shape index (κ3) is 5.77. The summed E-state index contributed by atoms with van der Waals surface area (Å²) in [6.45, 7) is 2.16. The Balaban J connectivity index is 0.000000255. The van der Waals surface area contributed by atoms with Crippen molar-refractivity contribution in [3.8, 4) is 0 Å². The van der Waals surface area contributed by atoms with Gasteiger partial charge in [0.1, 0.15) is 0 Å². The molecule has 0 saturated heterocycles. The maximum atomic E-state index is 9.45. The molecule has 2 amide bonds. The molecule has 4 nitrogen and oxygen atoms in total. The zero-order valence-electron chi connectivity index (χ0n) is 8.07. The lowest BCUT2D eigenvalue weighted by Crippen LogP contribution is -2.29. The summed E-state index contributed by atoms with van der Waals surface area (Å²) in [5, 5.41) is 0. The van der Waals surface area contributed by atoms with E-state index in [2.05, 4.69) is 42.7 Å². The van der Waals surface area contributed by atoms with Gasteiger partial charge in [0.05, 0.1) is 0 Å². The minimum atomic E-state index is -1.10. The maximum Gasteiger partial charge on any atom is 0.306 e. The minimum Gasteiger partial charge on any atom is -0.361 e. The second kappa shape index (κ2) is 6.65. The summed E-state index contributed by atoms with van der Waals surface area (Å²) in [6.07, 6.45) is 1.14. The molecular weight excluding hydrogens is 180 g/mol. The minimum absolute atomic E-state index is 1.10. The van der Waals surface area contributed by atoms with Gasteiger partial charge in [0, 0.05) is 0 Å². The summed E-state index contributed by atoms with van der Waals surface area (Å²) in [7, 11) is 0. The van der Waals surface area contributed by atoms with E-state index in [9.17, 15) is 9.59 Å². The molecule has 14 heavy (non-hydrogen) atoms. The molecule has 4 N–H and O–H groups in total. The monoisotopic (exact) mass is 194 g/mol. The van der Waals surface area contributed by atoms with E-state index in [1.807, 2.05) is 6.07 Å². The van der Waals surface area contributed by atoms with Crippen LogP contribution in [0.25, 0.3) is 0 Å². The van der Waals surface area contributed by atoms with Crippen molar-refractivity contribution < 1.29 is 9.59 Å². The largest absolute Gasteiger partial charge is 0.361 e. The lowest BCUT2D eigenvalue weighted by molar-refractivity contribution is -0.135. The molecule has 0 fully saturated rings. The fourth-order valence-electron chi connectivity index (χ4n) is 0.714. The third-order valence-corrected chi connectivity index (χ3v) is 1.49. The van der Waals surface area contributed by atoms with Crippen molar-refractivity contribution in [3.05, 3.63) is 35.9 Å². The van der Waals surface area contributed by atoms with Crippen LogP contribution in [-0.4, -0.2) is 11.8 Å². The second-order valence-electron chi connectivity index (χ2n) is 2.57. The number of nitrogens with two attached hydrogens (primary N) is 2. The van der Waals surface area contributed by atoms with Crippen molar-refractivity contribution in [3.63, 3.8) is 0 Å². The van der Waals surface area contributed by atoms with E-state index in [0.29, 0.717) is 0 Å². The fraction of sp³-hybridized carbons (Fsp3) is 0.200. The number of rotatable bonds is 1. The van der Waals surface area contributed by atoms with Crippen molar-refractivity contribution in [2.75, 3.05) is 0 Å². The number of carbonyl (C=O) groups is 2. The van der Waals surface area contributed by atoms with Crippen LogP contribution in [0.1, 0.15) is 12.5 Å². The Morgan fingerprint density at radius 2 is 1.50 bits per heavy atom. The highest BCUT2D eigenvalue weighted by Crippen LogP contribution is 1.96. The lowest BCUT2D eigenvalue weighted by atomic mass is 10.2. The van der Waals surface area contributed by atoms with Crippen LogP contribution in [0.2, 0.25) is 0 Å². The van der Waals surface area contributed by atoms with Gasteiger partial charge in [-0.05, 0) is 12.0 Å². The first-order chi connectivity index (χ1) is 6.57. The van der Waals surface area contributed by atoms with Gasteiger partial charge in [-0.2, -0.15) is 0 Å². The van der Waals surface area contributed by atoms with Crippen molar-refractivity contribution in [1.82, 2.24) is 0 Å². The Morgan fingerprint density at radius 1 is 1.07 bits per heavy atom. The van der Waals surface area contributed by atoms with Gasteiger partial charge in [0.15, 0.2) is 0 Å². The van der Waals surface area contributed by atoms with Gasteiger partial charge in [0.25, 0.3) is 0 Å². The fourth-order valence-corrected chi connectivity index (χ4v) is 0.714. The van der Waals surface area contributed by atoms with E-state index >= 15 is 0 Å². The van der Waals surface area contributed by atoms with E-state index in [4.69, 9.17) is 0 Å². The van der Waals surface area contributed by atoms with Gasteiger partial charge in [0.2, 0.25) is 0 Å². The molecule has 1 aromatic rings. The van der Waals surface area contributed by atoms with Crippen LogP contribution >= 0.6 is 0 Å². The number of hydrogen-bond donors (Lipinski definition) is 2. The Labute approximate surface area is 82.9 Å². The van der Waals surface area contributed by atoms with Gasteiger partial charge < -0.3 is 11.5 Å². The smallest absolute Gasteiger partial charge is 0.306 e. The number of carbonyl (C=O) groups excluding carboxylic acids is 2. The number of primary amides is 2. The molecule has 0 bridgehead atoms. The maximum absolute atomic E-state index is 9.45. The van der Waals surface area contributed by atoms with Crippen LogP contribution in [0.5, 0.6) is 0 Å². The summed E-state index contributed by atoms with van der Waals surface area (Å²) >= 11 is 0. The topological polar surface area (TPSA) is 86.2 Å². The molecule has 0 saturated carbocycles. The molecule has 0 aliphatic heterocycles. The molecule has 0 radical (unpaired) electrons. The van der Waals surface area contributed by atoms with Crippen LogP contribution < -0.4 is 11.5 Å². The number of hydrogen-bond acceptors (Lipinski definition) is 2. The first kappa shape index (κ1) is 12.2. The Morgan fingerprint density at radius 3 is 1.71 bits per heavy atom. The van der Waals surface area contributed by atoms with Crippen molar-refractivity contribution in [2.24, 2.45) is 11.5 Å². The van der Waals surface area contributed by atoms with Crippen LogP contribution in [0.3, 0.4) is 0 Å². The standard InChI is InChI=1S/C8H10.C2H4N2O2/c1-2-8-6-4-3-5-7-8;3-1(5)2(4)6/h3-7H,2H2,1H3;(H2,3,5)(H2,4,6). The highest BCUT2D eigenvalue weighted by atomic mass is 16.2. The van der Waals surface area contributed by atoms with Crippen molar-refractivity contribution >= 4 is 11.8 Å². The van der Waals surface area contributed by atoms with Crippen LogP contribution in [0.4, 0.5) is 0 Å². The summed E-state index contributed by atoms with van der Waals surface area (Å²) in [5.41, 5.74) is 10.1. The summed E-state index contributed by atoms with van der Waals surface area (Å²) in [5.74, 6) is -2.20. The molecule has 0 unspecified atom stereocenters. The summed E-state index contributed by atoms with van der Waals surface area (Å²) in [4.78, 5) is 18.9. The molecule has 4 heteroatoms. The van der Waals surface area contributed by atoms with Crippen LogP contribution in [0.15, 0.2) is 30.3 Å². The van der Waals surface area contributed by atoms with Gasteiger partial charge in [-0.1, -0.05) is 37.3 Å². The van der Waals surface area contributed by atoms with E-state index in [1.165, 1.54) is 5.56 Å². The molecule has 0 atom stereocenters. The average Bonchev–Trinajstić information content (AvgIpc) is 2.20. The summed E-state index contributed by atoms with van der Waals surface area (Å²) < 4.78 is 0. The first-order valence-corrected chi connectivity index (χ1v) is 4.21. The molecule has 0 aromatic heterocycles. The first-order valence-electron chi connectivity index (χ1n) is 4.21. The van der Waals surface area contributed by atoms with E-state index in [-0.39, 0.29) is 0 Å². The Kier molecular flexibility index (Phi) is 5.78. The predicted molar refractivity (Wildman–Crippen MR) is 54.2 cm³/mol. The van der Waals surface area contributed by atoms with Crippen molar-refractivity contribution in [1.29, 1.82) is 0 Å². The third-order valence-electron chi connectivity index (χ3n) is 1.49. The van der Waals surface area contributed by atoms with Crippen LogP contribution in [-0.2, 0) is 16.0 Å². The Bertz CT molecular complexity index is 284. The van der Waals surface area contributed by atoms with E-state index in [0.717, 1.165) is 6.42 Å². The van der Waals surface area contributed by atoms with Crippen molar-refractivity contribution in [2.45, 2.75) is 13.3 Å². The second-order valence-corrected chi connectivity index (χ2v) is 2.57. The van der Waals surface area contributed by atoms with Gasteiger partial charge in [-0.25, -0.2) is 0 Å². The van der Waals surface area contributed by atoms with Crippen LogP contribution in [0, 0.1) is 0 Å². The molecule has 0 spiro atoms. The molecule has 0 heterocycles. The van der Waals surface area contributed by atoms with E-state index in [1.54, 1.807) is 0 Å².